The minimum absolute atomic E-state index is 0.0230. The van der Waals surface area contributed by atoms with E-state index in [4.69, 9.17) is 4.74 Å². The molecule has 1 aromatic carbocycles. The van der Waals surface area contributed by atoms with Gasteiger partial charge in [-0.3, -0.25) is 4.79 Å². The maximum absolute atomic E-state index is 12.7. The topological polar surface area (TPSA) is 42.4 Å². The third-order valence-corrected chi connectivity index (χ3v) is 5.02. The van der Waals surface area contributed by atoms with Crippen molar-refractivity contribution >= 4 is 17.2 Å². The quantitative estimate of drug-likeness (QED) is 0.865. The minimum Gasteiger partial charge on any atom is -0.375 e. The second-order valence-corrected chi connectivity index (χ2v) is 7.01. The van der Waals surface area contributed by atoms with Crippen molar-refractivity contribution in [2.45, 2.75) is 38.8 Å². The van der Waals surface area contributed by atoms with Crippen molar-refractivity contribution in [2.24, 2.45) is 0 Å². The minimum atomic E-state index is 0.0230. The lowest BCUT2D eigenvalue weighted by Gasteiger charge is -2.36. The molecule has 0 N–H and O–H groups in total. The molecule has 1 aromatic heterocycles. The molecular formula is C18H22N2O2S. The van der Waals surface area contributed by atoms with Gasteiger partial charge >= 0.3 is 0 Å². The molecule has 0 radical (unpaired) electrons. The number of benzene rings is 1. The third kappa shape index (κ3) is 3.98. The fourth-order valence-corrected chi connectivity index (χ4v) is 3.53. The summed E-state index contributed by atoms with van der Waals surface area (Å²) in [5, 5.41) is 2.90. The van der Waals surface area contributed by atoms with Crippen molar-refractivity contribution in [3.05, 3.63) is 52.0 Å². The smallest absolute Gasteiger partial charge is 0.273 e. The van der Waals surface area contributed by atoms with E-state index >= 15 is 0 Å². The molecular weight excluding hydrogens is 308 g/mol. The van der Waals surface area contributed by atoms with E-state index in [0.29, 0.717) is 18.8 Å². The van der Waals surface area contributed by atoms with Crippen LogP contribution in [0.25, 0.3) is 0 Å². The molecule has 23 heavy (non-hydrogen) atoms. The molecule has 0 bridgehead atoms. The van der Waals surface area contributed by atoms with E-state index in [2.05, 4.69) is 17.1 Å². The van der Waals surface area contributed by atoms with Gasteiger partial charge < -0.3 is 9.64 Å². The van der Waals surface area contributed by atoms with Crippen LogP contribution in [0.4, 0.5) is 0 Å². The number of aryl methyl sites for hydroxylation is 2. The summed E-state index contributed by atoms with van der Waals surface area (Å²) >= 11 is 1.57. The summed E-state index contributed by atoms with van der Waals surface area (Å²) in [6, 6.07) is 10.5. The van der Waals surface area contributed by atoms with Gasteiger partial charge in [0.05, 0.1) is 23.8 Å². The maximum atomic E-state index is 12.7. The van der Waals surface area contributed by atoms with Crippen molar-refractivity contribution in [3.63, 3.8) is 0 Å². The zero-order valence-corrected chi connectivity index (χ0v) is 14.4. The van der Waals surface area contributed by atoms with Crippen LogP contribution in [0.2, 0.25) is 0 Å². The van der Waals surface area contributed by atoms with Crippen molar-refractivity contribution in [3.8, 4) is 0 Å². The number of hydrogen-bond donors (Lipinski definition) is 0. The Kier molecular flexibility index (Phi) is 5.08. The molecule has 4 nitrogen and oxygen atoms in total. The standard InChI is InChI=1S/C18H22N2O2S/c1-13-11-22-14(2)10-20(13)18(21)16-12-23-17(19-16)9-8-15-6-4-3-5-7-15/h3-7,12-14H,8-11H2,1-2H3/t13-,14-/m1/s1. The molecule has 0 unspecified atom stereocenters. The molecule has 1 aliphatic heterocycles. The first kappa shape index (κ1) is 16.1. The van der Waals surface area contributed by atoms with Crippen molar-refractivity contribution < 1.29 is 9.53 Å². The zero-order chi connectivity index (χ0) is 16.2. The first-order chi connectivity index (χ1) is 11.1. The van der Waals surface area contributed by atoms with Crippen LogP contribution in [0.3, 0.4) is 0 Å². The number of amides is 1. The number of nitrogens with zero attached hydrogens (tertiary/aromatic N) is 2. The summed E-state index contributed by atoms with van der Waals surface area (Å²) in [6.45, 7) is 5.25. The molecule has 122 valence electrons. The van der Waals surface area contributed by atoms with E-state index in [-0.39, 0.29) is 18.1 Å². The number of carbonyl (C=O) groups is 1. The number of carbonyl (C=O) groups excluding carboxylic acids is 1. The van der Waals surface area contributed by atoms with E-state index in [1.165, 1.54) is 5.56 Å². The van der Waals surface area contributed by atoms with Crippen molar-refractivity contribution in [2.75, 3.05) is 13.2 Å². The van der Waals surface area contributed by atoms with Crippen LogP contribution in [0.1, 0.15) is 34.9 Å². The Bertz CT molecular complexity index is 656. The molecule has 2 atom stereocenters. The number of hydrogen-bond acceptors (Lipinski definition) is 4. The number of aromatic nitrogens is 1. The Morgan fingerprint density at radius 3 is 2.87 bits per heavy atom. The zero-order valence-electron chi connectivity index (χ0n) is 13.6. The first-order valence-electron chi connectivity index (χ1n) is 8.04. The lowest BCUT2D eigenvalue weighted by molar-refractivity contribution is -0.0388. The molecule has 1 aliphatic rings. The highest BCUT2D eigenvalue weighted by Crippen LogP contribution is 2.18. The fourth-order valence-electron chi connectivity index (χ4n) is 2.75. The molecule has 3 rings (SSSR count). The second kappa shape index (κ2) is 7.23. The molecule has 1 amide bonds. The van der Waals surface area contributed by atoms with Crippen LogP contribution >= 0.6 is 11.3 Å². The monoisotopic (exact) mass is 330 g/mol. The van der Waals surface area contributed by atoms with Crippen LogP contribution < -0.4 is 0 Å². The molecule has 2 aromatic rings. The third-order valence-electron chi connectivity index (χ3n) is 4.11. The Morgan fingerprint density at radius 1 is 1.30 bits per heavy atom. The highest BCUT2D eigenvalue weighted by atomic mass is 32.1. The summed E-state index contributed by atoms with van der Waals surface area (Å²) in [6.07, 6.45) is 1.91. The van der Waals surface area contributed by atoms with Gasteiger partial charge in [0.15, 0.2) is 0 Å². The van der Waals surface area contributed by atoms with Crippen molar-refractivity contribution in [1.29, 1.82) is 0 Å². The van der Waals surface area contributed by atoms with E-state index in [0.717, 1.165) is 17.8 Å². The van der Waals surface area contributed by atoms with E-state index in [1.54, 1.807) is 11.3 Å². The molecule has 0 spiro atoms. The van der Waals surface area contributed by atoms with Gasteiger partial charge in [-0.05, 0) is 25.8 Å². The SMILES string of the molecule is C[C@@H]1CN(C(=O)c2csc(CCc3ccccc3)n2)[C@H](C)CO1. The molecule has 5 heteroatoms. The average Bonchev–Trinajstić information content (AvgIpc) is 3.04. The van der Waals surface area contributed by atoms with Crippen LogP contribution in [-0.4, -0.2) is 41.1 Å². The largest absolute Gasteiger partial charge is 0.375 e. The number of thiazole rings is 1. The summed E-state index contributed by atoms with van der Waals surface area (Å²) in [7, 11) is 0. The Morgan fingerprint density at radius 2 is 2.09 bits per heavy atom. The number of ether oxygens (including phenoxy) is 1. The Hall–Kier alpha value is -1.72. The van der Waals surface area contributed by atoms with E-state index in [9.17, 15) is 4.79 Å². The van der Waals surface area contributed by atoms with Gasteiger partial charge in [-0.1, -0.05) is 30.3 Å². The predicted octanol–water partition coefficient (Wildman–Crippen LogP) is 3.18. The van der Waals surface area contributed by atoms with Crippen LogP contribution in [0.5, 0.6) is 0 Å². The summed E-state index contributed by atoms with van der Waals surface area (Å²) in [5.41, 5.74) is 1.87. The fraction of sp³-hybridized carbons (Fsp3) is 0.444. The molecule has 2 heterocycles. The van der Waals surface area contributed by atoms with E-state index in [1.807, 2.05) is 42.3 Å². The molecule has 1 fully saturated rings. The second-order valence-electron chi connectivity index (χ2n) is 6.06. The number of rotatable bonds is 4. The van der Waals surface area contributed by atoms with Crippen LogP contribution in [0, 0.1) is 0 Å². The van der Waals surface area contributed by atoms with Crippen LogP contribution in [0.15, 0.2) is 35.7 Å². The van der Waals surface area contributed by atoms with Gasteiger partial charge in [-0.15, -0.1) is 11.3 Å². The average molecular weight is 330 g/mol. The number of morpholine rings is 1. The maximum Gasteiger partial charge on any atom is 0.273 e. The van der Waals surface area contributed by atoms with Gasteiger partial charge in [-0.25, -0.2) is 4.98 Å². The van der Waals surface area contributed by atoms with Crippen LogP contribution in [-0.2, 0) is 17.6 Å². The Balaban J connectivity index is 1.63. The normalized spacial score (nSPS) is 21.4. The van der Waals surface area contributed by atoms with Gasteiger partial charge in [0.2, 0.25) is 0 Å². The highest BCUT2D eigenvalue weighted by Gasteiger charge is 2.29. The highest BCUT2D eigenvalue weighted by molar-refractivity contribution is 7.09. The first-order valence-corrected chi connectivity index (χ1v) is 8.92. The van der Waals surface area contributed by atoms with Gasteiger partial charge in [0.1, 0.15) is 5.69 Å². The summed E-state index contributed by atoms with van der Waals surface area (Å²) < 4.78 is 5.59. The summed E-state index contributed by atoms with van der Waals surface area (Å²) in [5.74, 6) is 0.0230. The van der Waals surface area contributed by atoms with Crippen molar-refractivity contribution in [1.82, 2.24) is 9.88 Å². The lowest BCUT2D eigenvalue weighted by Crippen LogP contribution is -2.50. The summed E-state index contributed by atoms with van der Waals surface area (Å²) in [4.78, 5) is 19.1. The van der Waals surface area contributed by atoms with E-state index < -0.39 is 0 Å². The molecule has 0 aliphatic carbocycles. The van der Waals surface area contributed by atoms with Gasteiger partial charge in [-0.2, -0.15) is 0 Å². The Labute approximate surface area is 141 Å². The lowest BCUT2D eigenvalue weighted by atomic mass is 10.1. The predicted molar refractivity (Wildman–Crippen MR) is 91.9 cm³/mol. The molecule has 1 saturated heterocycles. The van der Waals surface area contributed by atoms with Gasteiger partial charge in [0, 0.05) is 18.3 Å². The molecule has 0 saturated carbocycles. The van der Waals surface area contributed by atoms with Gasteiger partial charge in [0.25, 0.3) is 5.91 Å².